The highest BCUT2D eigenvalue weighted by Gasteiger charge is 2.20. The molecule has 0 bridgehead atoms. The van der Waals surface area contributed by atoms with Crippen molar-refractivity contribution in [2.24, 2.45) is 0 Å². The number of hydrogen-bond acceptors (Lipinski definition) is 0. The fraction of sp³-hybridized carbons (Fsp3) is 0. The first kappa shape index (κ1) is 25.9. The normalized spacial score (nSPS) is 12.0. The summed E-state index contributed by atoms with van der Waals surface area (Å²) in [6, 6.07) is 57.5. The molecule has 0 aliphatic heterocycles. The van der Waals surface area contributed by atoms with E-state index >= 15 is 0 Å². The number of rotatable bonds is 3. The molecule has 3 nitrogen and oxygen atoms in total. The van der Waals surface area contributed by atoms with Crippen molar-refractivity contribution in [2.75, 3.05) is 0 Å². The van der Waals surface area contributed by atoms with Crippen molar-refractivity contribution in [3.63, 3.8) is 0 Å². The van der Waals surface area contributed by atoms with Gasteiger partial charge < -0.3 is 13.7 Å². The molecule has 10 rings (SSSR count). The zero-order chi connectivity index (χ0) is 30.4. The standard InChI is InChI=1S/C42H26IN3/c43-27-21-23-39-33(25-27)34-26-28(44-35-15-5-1-11-29(35)30-12-2-6-16-36(30)44)22-24-40(34)46(39)42-20-10-9-19-41(42)45-37-17-7-3-13-31(37)32-14-4-8-18-38(32)45/h1-26H. The van der Waals surface area contributed by atoms with E-state index in [-0.39, 0.29) is 0 Å². The van der Waals surface area contributed by atoms with E-state index in [1.165, 1.54) is 74.7 Å². The van der Waals surface area contributed by atoms with Crippen LogP contribution in [0, 0.1) is 3.57 Å². The lowest BCUT2D eigenvalue weighted by Gasteiger charge is -2.16. The molecule has 10 aromatic rings. The van der Waals surface area contributed by atoms with Gasteiger partial charge in [0.25, 0.3) is 0 Å². The third-order valence-electron chi connectivity index (χ3n) is 9.49. The molecular weight excluding hydrogens is 673 g/mol. The van der Waals surface area contributed by atoms with Crippen molar-refractivity contribution >= 4 is 88.0 Å². The first-order valence-electron chi connectivity index (χ1n) is 15.6. The van der Waals surface area contributed by atoms with Gasteiger partial charge in [-0.2, -0.15) is 0 Å². The van der Waals surface area contributed by atoms with Gasteiger partial charge in [-0.25, -0.2) is 0 Å². The molecule has 3 aromatic heterocycles. The molecule has 0 atom stereocenters. The molecule has 0 spiro atoms. The molecule has 0 saturated heterocycles. The Hall–Kier alpha value is -5.33. The van der Waals surface area contributed by atoms with Crippen LogP contribution in [-0.2, 0) is 0 Å². The number of hydrogen-bond donors (Lipinski definition) is 0. The van der Waals surface area contributed by atoms with Crippen LogP contribution in [0.1, 0.15) is 0 Å². The highest BCUT2D eigenvalue weighted by Crippen LogP contribution is 2.40. The highest BCUT2D eigenvalue weighted by atomic mass is 127. The lowest BCUT2D eigenvalue weighted by Crippen LogP contribution is -2.03. The Morgan fingerprint density at radius 2 is 0.674 bits per heavy atom. The maximum absolute atomic E-state index is 2.45. The molecule has 0 N–H and O–H groups in total. The predicted molar refractivity (Wildman–Crippen MR) is 202 cm³/mol. The Morgan fingerprint density at radius 1 is 0.304 bits per heavy atom. The van der Waals surface area contributed by atoms with Crippen molar-refractivity contribution < 1.29 is 0 Å². The van der Waals surface area contributed by atoms with Gasteiger partial charge in [0.15, 0.2) is 0 Å². The minimum Gasteiger partial charge on any atom is -0.309 e. The molecule has 0 unspecified atom stereocenters. The summed E-state index contributed by atoms with van der Waals surface area (Å²) >= 11 is 2.44. The predicted octanol–water partition coefficient (Wildman–Crippen LogP) is 11.6. The van der Waals surface area contributed by atoms with Crippen molar-refractivity contribution in [2.45, 2.75) is 0 Å². The van der Waals surface area contributed by atoms with Crippen LogP contribution in [0.2, 0.25) is 0 Å². The van der Waals surface area contributed by atoms with Crippen LogP contribution in [0.15, 0.2) is 158 Å². The monoisotopic (exact) mass is 699 g/mol. The van der Waals surface area contributed by atoms with Gasteiger partial charge >= 0.3 is 0 Å². The molecule has 0 saturated carbocycles. The smallest absolute Gasteiger partial charge is 0.0702 e. The van der Waals surface area contributed by atoms with Crippen LogP contribution in [0.25, 0.3) is 82.5 Å². The van der Waals surface area contributed by atoms with E-state index in [2.05, 4.69) is 194 Å². The average Bonchev–Trinajstić information content (AvgIpc) is 3.73. The molecule has 3 heterocycles. The van der Waals surface area contributed by atoms with Crippen LogP contribution < -0.4 is 0 Å². The summed E-state index contributed by atoms with van der Waals surface area (Å²) < 4.78 is 8.52. The fourth-order valence-corrected chi connectivity index (χ4v) is 8.10. The Balaban J connectivity index is 1.29. The summed E-state index contributed by atoms with van der Waals surface area (Å²) in [4.78, 5) is 0. The van der Waals surface area contributed by atoms with Crippen LogP contribution in [0.3, 0.4) is 0 Å². The number of fused-ring (bicyclic) bond motifs is 9. The van der Waals surface area contributed by atoms with E-state index in [1.807, 2.05) is 0 Å². The summed E-state index contributed by atoms with van der Waals surface area (Å²) in [5.41, 5.74) is 10.7. The summed E-state index contributed by atoms with van der Waals surface area (Å²) in [6.07, 6.45) is 0. The van der Waals surface area contributed by atoms with E-state index in [0.717, 1.165) is 11.4 Å². The maximum atomic E-state index is 2.45. The van der Waals surface area contributed by atoms with Gasteiger partial charge in [-0.05, 0) is 95.4 Å². The number of benzene rings is 7. The lowest BCUT2D eigenvalue weighted by molar-refractivity contribution is 1.09. The quantitative estimate of drug-likeness (QED) is 0.163. The molecule has 0 amide bonds. The van der Waals surface area contributed by atoms with Crippen LogP contribution in [-0.4, -0.2) is 13.7 Å². The summed E-state index contributed by atoms with van der Waals surface area (Å²) in [5, 5.41) is 7.57. The Labute approximate surface area is 278 Å². The summed E-state index contributed by atoms with van der Waals surface area (Å²) in [6.45, 7) is 0. The van der Waals surface area contributed by atoms with Crippen molar-refractivity contribution in [1.29, 1.82) is 0 Å². The molecule has 0 aliphatic carbocycles. The highest BCUT2D eigenvalue weighted by molar-refractivity contribution is 14.1. The third kappa shape index (κ3) is 3.59. The second-order valence-corrected chi connectivity index (χ2v) is 13.2. The van der Waals surface area contributed by atoms with Crippen molar-refractivity contribution in [3.05, 3.63) is 161 Å². The summed E-state index contributed by atoms with van der Waals surface area (Å²) in [5.74, 6) is 0. The first-order chi connectivity index (χ1) is 22.8. The number of aromatic nitrogens is 3. The zero-order valence-corrected chi connectivity index (χ0v) is 26.9. The van der Waals surface area contributed by atoms with Crippen LogP contribution in [0.5, 0.6) is 0 Å². The topological polar surface area (TPSA) is 14.8 Å². The van der Waals surface area contributed by atoms with E-state index < -0.39 is 0 Å². The Morgan fingerprint density at radius 3 is 1.17 bits per heavy atom. The van der Waals surface area contributed by atoms with Crippen LogP contribution in [0.4, 0.5) is 0 Å². The van der Waals surface area contributed by atoms with E-state index in [0.29, 0.717) is 0 Å². The third-order valence-corrected chi connectivity index (χ3v) is 10.2. The minimum absolute atomic E-state index is 1.15. The molecule has 0 radical (unpaired) electrons. The second kappa shape index (κ2) is 9.83. The van der Waals surface area contributed by atoms with Crippen molar-refractivity contribution in [3.8, 4) is 17.1 Å². The largest absolute Gasteiger partial charge is 0.309 e. The molecule has 0 aliphatic rings. The lowest BCUT2D eigenvalue weighted by atomic mass is 10.1. The molecule has 7 aromatic carbocycles. The molecular formula is C42H26IN3. The second-order valence-electron chi connectivity index (χ2n) is 11.9. The van der Waals surface area contributed by atoms with E-state index in [4.69, 9.17) is 0 Å². The van der Waals surface area contributed by atoms with Crippen molar-refractivity contribution in [1.82, 2.24) is 13.7 Å². The summed E-state index contributed by atoms with van der Waals surface area (Å²) in [7, 11) is 0. The van der Waals surface area contributed by atoms with Gasteiger partial charge in [-0.15, -0.1) is 0 Å². The number of halogens is 1. The number of nitrogens with zero attached hydrogens (tertiary/aromatic N) is 3. The van der Waals surface area contributed by atoms with E-state index in [9.17, 15) is 0 Å². The number of para-hydroxylation sites is 6. The van der Waals surface area contributed by atoms with E-state index in [1.54, 1.807) is 0 Å². The van der Waals surface area contributed by atoms with Gasteiger partial charge in [0, 0.05) is 41.6 Å². The van der Waals surface area contributed by atoms with Crippen LogP contribution >= 0.6 is 22.6 Å². The van der Waals surface area contributed by atoms with Gasteiger partial charge in [-0.3, -0.25) is 0 Å². The fourth-order valence-electron chi connectivity index (χ4n) is 7.61. The molecule has 4 heteroatoms. The molecule has 0 fully saturated rings. The minimum atomic E-state index is 1.15. The first-order valence-corrected chi connectivity index (χ1v) is 16.6. The SMILES string of the molecule is Ic1ccc2c(c1)c1cc(-n3c4ccccc4c4ccccc43)ccc1n2-c1ccccc1-n1c2ccccc2c2ccccc21. The zero-order valence-electron chi connectivity index (χ0n) is 24.7. The molecule has 216 valence electrons. The average molecular weight is 700 g/mol. The Bertz CT molecular complexity index is 2720. The van der Waals surface area contributed by atoms with Gasteiger partial charge in [-0.1, -0.05) is 84.9 Å². The maximum Gasteiger partial charge on any atom is 0.0702 e. The van der Waals surface area contributed by atoms with Gasteiger partial charge in [0.05, 0.1) is 44.5 Å². The van der Waals surface area contributed by atoms with Gasteiger partial charge in [0.1, 0.15) is 0 Å². The molecule has 46 heavy (non-hydrogen) atoms. The Kier molecular flexibility index (Phi) is 5.55. The van der Waals surface area contributed by atoms with Gasteiger partial charge in [0.2, 0.25) is 0 Å².